The molecule has 2 aliphatic heterocycles. The first-order valence-corrected chi connectivity index (χ1v) is 7.84. The molecule has 0 bridgehead atoms. The number of carbonyl (C=O) groups excluding carboxylic acids is 1. The van der Waals surface area contributed by atoms with E-state index < -0.39 is 11.6 Å². The number of pyridine rings is 1. The summed E-state index contributed by atoms with van der Waals surface area (Å²) >= 11 is 0. The Kier molecular flexibility index (Phi) is 3.72. The second-order valence-corrected chi connectivity index (χ2v) is 5.90. The van der Waals surface area contributed by atoms with Crippen LogP contribution in [0.1, 0.15) is 49.9 Å². The van der Waals surface area contributed by atoms with Gasteiger partial charge in [0.1, 0.15) is 6.61 Å². The van der Waals surface area contributed by atoms with Gasteiger partial charge in [-0.25, -0.2) is 4.79 Å². The zero-order valence-corrected chi connectivity index (χ0v) is 13.4. The van der Waals surface area contributed by atoms with Crippen LogP contribution in [0.4, 0.5) is 0 Å². The number of ether oxygens (including phenoxy) is 1. The minimum absolute atomic E-state index is 0.0935. The molecule has 0 aliphatic carbocycles. The molecule has 6 nitrogen and oxygen atoms in total. The lowest BCUT2D eigenvalue weighted by atomic mass is 9.86. The number of nitrogens with zero attached hydrogens (tertiary/aromatic N) is 2. The molecule has 0 spiro atoms. The molecule has 122 valence electrons. The van der Waals surface area contributed by atoms with Crippen LogP contribution in [0.5, 0.6) is 0 Å². The lowest BCUT2D eigenvalue weighted by Crippen LogP contribution is -2.44. The van der Waals surface area contributed by atoms with Gasteiger partial charge < -0.3 is 14.4 Å². The van der Waals surface area contributed by atoms with Crippen LogP contribution in [-0.2, 0) is 28.3 Å². The predicted molar refractivity (Wildman–Crippen MR) is 85.3 cm³/mol. The molecule has 0 saturated heterocycles. The highest BCUT2D eigenvalue weighted by Gasteiger charge is 2.45. The van der Waals surface area contributed by atoms with Gasteiger partial charge in [0, 0.05) is 24.2 Å². The van der Waals surface area contributed by atoms with Crippen molar-refractivity contribution in [2.75, 3.05) is 0 Å². The van der Waals surface area contributed by atoms with Crippen molar-refractivity contribution in [2.24, 2.45) is 4.99 Å². The maximum Gasteiger partial charge on any atom is 0.343 e. The highest BCUT2D eigenvalue weighted by atomic mass is 16.6. The first kappa shape index (κ1) is 15.7. The number of aliphatic hydroxyl groups is 1. The minimum atomic E-state index is -1.77. The average Bonchev–Trinajstić information content (AvgIpc) is 2.94. The lowest BCUT2D eigenvalue weighted by Gasteiger charge is -2.31. The number of allylic oxidation sites excluding steroid dienone is 1. The van der Waals surface area contributed by atoms with Crippen molar-refractivity contribution in [1.29, 1.82) is 0 Å². The molecule has 0 aromatic carbocycles. The molecule has 0 unspecified atom stereocenters. The fourth-order valence-corrected chi connectivity index (χ4v) is 3.09. The van der Waals surface area contributed by atoms with Crippen LogP contribution in [0.3, 0.4) is 0 Å². The summed E-state index contributed by atoms with van der Waals surface area (Å²) in [6.45, 7) is 7.98. The number of hydrogen-bond acceptors (Lipinski definition) is 5. The van der Waals surface area contributed by atoms with Crippen LogP contribution in [0.25, 0.3) is 0 Å². The molecule has 0 fully saturated rings. The fourth-order valence-electron chi connectivity index (χ4n) is 3.09. The van der Waals surface area contributed by atoms with Crippen LogP contribution in [-0.4, -0.2) is 21.4 Å². The Balaban J connectivity index is 2.23. The molecule has 0 radical (unpaired) electrons. The maximum atomic E-state index is 12.7. The van der Waals surface area contributed by atoms with Gasteiger partial charge in [-0.1, -0.05) is 20.4 Å². The normalized spacial score (nSPS) is 24.3. The monoisotopic (exact) mass is 316 g/mol. The van der Waals surface area contributed by atoms with Gasteiger partial charge in [-0.05, 0) is 18.9 Å². The summed E-state index contributed by atoms with van der Waals surface area (Å²) in [6, 6.07) is 1.72. The molecule has 1 aromatic heterocycles. The Morgan fingerprint density at radius 1 is 1.48 bits per heavy atom. The topological polar surface area (TPSA) is 80.9 Å². The maximum absolute atomic E-state index is 12.7. The van der Waals surface area contributed by atoms with E-state index in [9.17, 15) is 14.7 Å². The van der Waals surface area contributed by atoms with E-state index in [0.29, 0.717) is 29.8 Å². The number of carbonyl (C=O) groups is 1. The molecule has 1 aromatic rings. The van der Waals surface area contributed by atoms with Crippen LogP contribution in [0.15, 0.2) is 28.1 Å². The number of esters is 1. The minimum Gasteiger partial charge on any atom is -0.458 e. The summed E-state index contributed by atoms with van der Waals surface area (Å²) in [5.74, 6) is -0.702. The number of cyclic esters (lactones) is 1. The summed E-state index contributed by atoms with van der Waals surface area (Å²) < 4.78 is 6.65. The SMILES string of the molecule is C=C(CC)/N=C1\CCn2c1cc1c(c2=O)COC(=O)[C@]1(O)CC. The Morgan fingerprint density at radius 2 is 2.22 bits per heavy atom. The number of fused-ring (bicyclic) bond motifs is 2. The van der Waals surface area contributed by atoms with Crippen LogP contribution < -0.4 is 5.56 Å². The van der Waals surface area contributed by atoms with E-state index in [1.54, 1.807) is 17.6 Å². The summed E-state index contributed by atoms with van der Waals surface area (Å²) in [6.07, 6.45) is 1.51. The van der Waals surface area contributed by atoms with Gasteiger partial charge in [0.2, 0.25) is 0 Å². The lowest BCUT2D eigenvalue weighted by molar-refractivity contribution is -0.172. The van der Waals surface area contributed by atoms with Gasteiger partial charge in [0.05, 0.1) is 17.0 Å². The van der Waals surface area contributed by atoms with Gasteiger partial charge in [0.25, 0.3) is 5.56 Å². The molecule has 3 rings (SSSR count). The van der Waals surface area contributed by atoms with Crippen molar-refractivity contribution in [3.8, 4) is 0 Å². The van der Waals surface area contributed by atoms with Crippen molar-refractivity contribution in [1.82, 2.24) is 4.57 Å². The zero-order valence-electron chi connectivity index (χ0n) is 13.4. The van der Waals surface area contributed by atoms with Gasteiger partial charge in [-0.2, -0.15) is 0 Å². The molecule has 1 atom stereocenters. The predicted octanol–water partition coefficient (Wildman–Crippen LogP) is 1.62. The smallest absolute Gasteiger partial charge is 0.343 e. The van der Waals surface area contributed by atoms with E-state index in [0.717, 1.165) is 17.8 Å². The quantitative estimate of drug-likeness (QED) is 0.859. The third-order valence-electron chi connectivity index (χ3n) is 4.61. The van der Waals surface area contributed by atoms with Crippen LogP contribution in [0, 0.1) is 0 Å². The molecular formula is C17H20N2O4. The van der Waals surface area contributed by atoms with Crippen molar-refractivity contribution in [3.63, 3.8) is 0 Å². The standard InChI is InChI=1S/C17H20N2O4/c1-4-10(3)18-13-6-7-19-14(13)8-12-11(15(19)20)9-23-16(21)17(12,22)5-2/h8,22H,3-7,9H2,1-2H3/b18-13+/t17-/m0/s1. The molecule has 23 heavy (non-hydrogen) atoms. The van der Waals surface area contributed by atoms with E-state index in [4.69, 9.17) is 4.74 Å². The third-order valence-corrected chi connectivity index (χ3v) is 4.61. The molecular weight excluding hydrogens is 296 g/mol. The molecule has 0 amide bonds. The Bertz CT molecular complexity index is 791. The molecule has 3 heterocycles. The highest BCUT2D eigenvalue weighted by Crippen LogP contribution is 2.34. The second kappa shape index (κ2) is 5.45. The van der Waals surface area contributed by atoms with Gasteiger partial charge in [-0.15, -0.1) is 0 Å². The first-order chi connectivity index (χ1) is 10.9. The first-order valence-electron chi connectivity index (χ1n) is 7.84. The Morgan fingerprint density at radius 3 is 2.87 bits per heavy atom. The second-order valence-electron chi connectivity index (χ2n) is 5.90. The zero-order chi connectivity index (χ0) is 16.8. The van der Waals surface area contributed by atoms with E-state index >= 15 is 0 Å². The van der Waals surface area contributed by atoms with Gasteiger partial charge in [0.15, 0.2) is 5.60 Å². The third kappa shape index (κ3) is 2.25. The van der Waals surface area contributed by atoms with Crippen molar-refractivity contribution in [2.45, 2.75) is 51.9 Å². The van der Waals surface area contributed by atoms with Gasteiger partial charge >= 0.3 is 5.97 Å². The fraction of sp³-hybridized carbons (Fsp3) is 0.471. The summed E-state index contributed by atoms with van der Waals surface area (Å²) in [5.41, 5.74) is 0.891. The number of rotatable bonds is 3. The summed E-state index contributed by atoms with van der Waals surface area (Å²) in [4.78, 5) is 29.2. The van der Waals surface area contributed by atoms with Crippen LogP contribution >= 0.6 is 0 Å². The Hall–Kier alpha value is -2.21. The Labute approximate surface area is 134 Å². The van der Waals surface area contributed by atoms with E-state index in [1.807, 2.05) is 6.92 Å². The highest BCUT2D eigenvalue weighted by molar-refractivity contribution is 6.02. The van der Waals surface area contributed by atoms with E-state index in [-0.39, 0.29) is 18.6 Å². The van der Waals surface area contributed by atoms with Crippen molar-refractivity contribution in [3.05, 3.63) is 45.5 Å². The molecule has 2 aliphatic rings. The average molecular weight is 316 g/mol. The largest absolute Gasteiger partial charge is 0.458 e. The molecule has 6 heteroatoms. The summed E-state index contributed by atoms with van der Waals surface area (Å²) in [5, 5.41) is 10.7. The molecule has 0 saturated carbocycles. The van der Waals surface area contributed by atoms with E-state index in [2.05, 4.69) is 11.6 Å². The van der Waals surface area contributed by atoms with Crippen LogP contribution in [0.2, 0.25) is 0 Å². The summed E-state index contributed by atoms with van der Waals surface area (Å²) in [7, 11) is 0. The number of aromatic nitrogens is 1. The van der Waals surface area contributed by atoms with Gasteiger partial charge in [-0.3, -0.25) is 9.79 Å². The molecule has 1 N–H and O–H groups in total. The number of hydrogen-bond donors (Lipinski definition) is 1. The van der Waals surface area contributed by atoms with E-state index in [1.165, 1.54) is 0 Å². The van der Waals surface area contributed by atoms with Crippen molar-refractivity contribution < 1.29 is 14.6 Å². The van der Waals surface area contributed by atoms with Crippen molar-refractivity contribution >= 4 is 11.7 Å². The number of aliphatic imine (C=N–C) groups is 1.